The minimum absolute atomic E-state index is 0.118. The van der Waals surface area contributed by atoms with Crippen molar-refractivity contribution < 1.29 is 17.6 Å². The van der Waals surface area contributed by atoms with Gasteiger partial charge in [0.25, 0.3) is 0 Å². The Bertz CT molecular complexity index is 1100. The number of nitrogens with zero attached hydrogens (tertiary/aromatic N) is 4. The van der Waals surface area contributed by atoms with Crippen LogP contribution in [0.4, 0.5) is 17.6 Å². The summed E-state index contributed by atoms with van der Waals surface area (Å²) < 4.78 is 57.0. The molecule has 0 bridgehead atoms. The molecular weight excluding hydrogens is 384 g/mol. The molecule has 2 aromatic heterocycles. The maximum Gasteiger partial charge on any atom is 0.151 e. The van der Waals surface area contributed by atoms with Crippen LogP contribution >= 0.6 is 0 Å². The van der Waals surface area contributed by atoms with Gasteiger partial charge in [-0.1, -0.05) is 0 Å². The lowest BCUT2D eigenvalue weighted by Crippen LogP contribution is -2.21. The molecule has 0 N–H and O–H groups in total. The van der Waals surface area contributed by atoms with Crippen LogP contribution in [0.2, 0.25) is 0 Å². The molecule has 29 heavy (non-hydrogen) atoms. The van der Waals surface area contributed by atoms with Crippen LogP contribution in [0.25, 0.3) is 11.4 Å². The molecule has 0 aliphatic heterocycles. The summed E-state index contributed by atoms with van der Waals surface area (Å²) >= 11 is 0. The molecule has 2 aromatic carbocycles. The Balaban J connectivity index is 1.67. The molecular formula is C21H16F4N4. The smallest absolute Gasteiger partial charge is 0.151 e. The van der Waals surface area contributed by atoms with Gasteiger partial charge >= 0.3 is 0 Å². The molecule has 0 aliphatic rings. The van der Waals surface area contributed by atoms with Crippen molar-refractivity contribution in [1.29, 1.82) is 0 Å². The van der Waals surface area contributed by atoms with Gasteiger partial charge in [0, 0.05) is 24.5 Å². The van der Waals surface area contributed by atoms with Crippen molar-refractivity contribution in [1.82, 2.24) is 19.6 Å². The summed E-state index contributed by atoms with van der Waals surface area (Å²) in [7, 11) is 0. The van der Waals surface area contributed by atoms with E-state index in [9.17, 15) is 17.6 Å². The standard InChI is InChI=1S/C21H16F4N4/c1-21(2,19-7-9-28(26-19)17-5-3-13(22)11-15(17)24)20-8-10-29(27-20)18-6-4-14(23)12-16(18)25/h3-12H,1-2H3. The maximum atomic E-state index is 14.0. The van der Waals surface area contributed by atoms with Crippen molar-refractivity contribution in [2.75, 3.05) is 0 Å². The van der Waals surface area contributed by atoms with Crippen molar-refractivity contribution in [3.8, 4) is 11.4 Å². The molecule has 0 unspecified atom stereocenters. The number of halogens is 4. The van der Waals surface area contributed by atoms with E-state index >= 15 is 0 Å². The van der Waals surface area contributed by atoms with Gasteiger partial charge in [-0.05, 0) is 50.2 Å². The zero-order chi connectivity index (χ0) is 20.8. The monoisotopic (exact) mass is 400 g/mol. The third-order valence-corrected chi connectivity index (χ3v) is 4.77. The first-order chi connectivity index (χ1) is 13.8. The van der Waals surface area contributed by atoms with Crippen LogP contribution < -0.4 is 0 Å². The van der Waals surface area contributed by atoms with E-state index < -0.39 is 28.7 Å². The molecule has 8 heteroatoms. The fourth-order valence-corrected chi connectivity index (χ4v) is 3.05. The third kappa shape index (κ3) is 3.41. The molecule has 2 heterocycles. The Hall–Kier alpha value is -3.42. The van der Waals surface area contributed by atoms with E-state index in [1.165, 1.54) is 21.5 Å². The number of benzene rings is 2. The predicted molar refractivity (Wildman–Crippen MR) is 99.1 cm³/mol. The summed E-state index contributed by atoms with van der Waals surface area (Å²) in [5.74, 6) is -2.79. The topological polar surface area (TPSA) is 35.6 Å². The summed E-state index contributed by atoms with van der Waals surface area (Å²) in [6.07, 6.45) is 3.15. The van der Waals surface area contributed by atoms with Gasteiger partial charge in [0.15, 0.2) is 11.6 Å². The summed E-state index contributed by atoms with van der Waals surface area (Å²) in [6.45, 7) is 3.74. The molecule has 0 amide bonds. The number of rotatable bonds is 4. The average molecular weight is 400 g/mol. The second kappa shape index (κ2) is 6.88. The predicted octanol–water partition coefficient (Wildman–Crippen LogP) is 4.94. The van der Waals surface area contributed by atoms with Gasteiger partial charge < -0.3 is 0 Å². The highest BCUT2D eigenvalue weighted by Gasteiger charge is 2.29. The Morgan fingerprint density at radius 3 is 1.45 bits per heavy atom. The molecule has 0 fully saturated rings. The van der Waals surface area contributed by atoms with E-state index in [4.69, 9.17) is 0 Å². The quantitative estimate of drug-likeness (QED) is 0.455. The van der Waals surface area contributed by atoms with Gasteiger partial charge in [-0.25, -0.2) is 26.9 Å². The van der Waals surface area contributed by atoms with Gasteiger partial charge in [0.1, 0.15) is 23.0 Å². The molecule has 0 spiro atoms. The second-order valence-electron chi connectivity index (χ2n) is 7.11. The van der Waals surface area contributed by atoms with Crippen LogP contribution in [-0.4, -0.2) is 19.6 Å². The first kappa shape index (κ1) is 18.9. The van der Waals surface area contributed by atoms with E-state index in [1.807, 2.05) is 13.8 Å². The zero-order valence-corrected chi connectivity index (χ0v) is 15.6. The molecule has 148 valence electrons. The Morgan fingerprint density at radius 2 is 1.07 bits per heavy atom. The van der Waals surface area contributed by atoms with E-state index in [2.05, 4.69) is 10.2 Å². The van der Waals surface area contributed by atoms with E-state index in [0.717, 1.165) is 24.3 Å². The van der Waals surface area contributed by atoms with Gasteiger partial charge in [-0.15, -0.1) is 0 Å². The number of hydrogen-bond acceptors (Lipinski definition) is 2. The van der Waals surface area contributed by atoms with E-state index in [0.29, 0.717) is 11.4 Å². The molecule has 4 rings (SSSR count). The highest BCUT2D eigenvalue weighted by Crippen LogP contribution is 2.30. The zero-order valence-electron chi connectivity index (χ0n) is 15.6. The fraction of sp³-hybridized carbons (Fsp3) is 0.143. The summed E-state index contributed by atoms with van der Waals surface area (Å²) in [4.78, 5) is 0. The van der Waals surface area contributed by atoms with Gasteiger partial charge in [0.2, 0.25) is 0 Å². The lowest BCUT2D eigenvalue weighted by Gasteiger charge is -2.19. The van der Waals surface area contributed by atoms with Crippen molar-refractivity contribution in [2.45, 2.75) is 19.3 Å². The number of hydrogen-bond donors (Lipinski definition) is 0. The minimum Gasteiger partial charge on any atom is -0.238 e. The molecule has 0 atom stereocenters. The van der Waals surface area contributed by atoms with Gasteiger partial charge in [-0.2, -0.15) is 10.2 Å². The molecule has 0 saturated carbocycles. The van der Waals surface area contributed by atoms with Crippen LogP contribution in [0, 0.1) is 23.3 Å². The lowest BCUT2D eigenvalue weighted by atomic mass is 9.86. The number of aromatic nitrogens is 4. The van der Waals surface area contributed by atoms with Crippen molar-refractivity contribution in [3.63, 3.8) is 0 Å². The second-order valence-corrected chi connectivity index (χ2v) is 7.11. The van der Waals surface area contributed by atoms with Gasteiger partial charge in [0.05, 0.1) is 16.8 Å². The average Bonchev–Trinajstić information content (AvgIpc) is 3.32. The highest BCUT2D eigenvalue weighted by atomic mass is 19.1. The van der Waals surface area contributed by atoms with E-state index in [1.54, 1.807) is 24.5 Å². The minimum atomic E-state index is -0.728. The summed E-state index contributed by atoms with van der Waals surface area (Å²) in [6, 6.07) is 9.93. The Kier molecular flexibility index (Phi) is 4.49. The Labute approximate surface area is 164 Å². The summed E-state index contributed by atoms with van der Waals surface area (Å²) in [5, 5.41) is 8.82. The molecule has 4 aromatic rings. The largest absolute Gasteiger partial charge is 0.238 e. The first-order valence-electron chi connectivity index (χ1n) is 8.79. The van der Waals surface area contributed by atoms with Crippen molar-refractivity contribution in [3.05, 3.63) is 95.6 Å². The van der Waals surface area contributed by atoms with Crippen molar-refractivity contribution in [2.24, 2.45) is 0 Å². The molecule has 0 saturated heterocycles. The molecule has 4 nitrogen and oxygen atoms in total. The highest BCUT2D eigenvalue weighted by molar-refractivity contribution is 5.37. The normalized spacial score (nSPS) is 11.8. The van der Waals surface area contributed by atoms with Crippen molar-refractivity contribution >= 4 is 0 Å². The van der Waals surface area contributed by atoms with Gasteiger partial charge in [-0.3, -0.25) is 0 Å². The third-order valence-electron chi connectivity index (χ3n) is 4.77. The Morgan fingerprint density at radius 1 is 0.655 bits per heavy atom. The summed E-state index contributed by atoms with van der Waals surface area (Å²) in [5.41, 5.74) is 0.723. The fourth-order valence-electron chi connectivity index (χ4n) is 3.05. The SMILES string of the molecule is CC(C)(c1ccn(-c2ccc(F)cc2F)n1)c1ccn(-c2ccc(F)cc2F)n1. The maximum absolute atomic E-state index is 14.0. The van der Waals surface area contributed by atoms with E-state index in [-0.39, 0.29) is 11.4 Å². The van der Waals surface area contributed by atoms with Crippen LogP contribution in [0.3, 0.4) is 0 Å². The molecule has 0 aliphatic carbocycles. The lowest BCUT2D eigenvalue weighted by molar-refractivity contribution is 0.555. The first-order valence-corrected chi connectivity index (χ1v) is 8.79. The van der Waals surface area contributed by atoms with Crippen LogP contribution in [0.1, 0.15) is 25.2 Å². The van der Waals surface area contributed by atoms with Crippen LogP contribution in [-0.2, 0) is 5.41 Å². The molecule has 0 radical (unpaired) electrons. The van der Waals surface area contributed by atoms with Crippen LogP contribution in [0.5, 0.6) is 0 Å². The van der Waals surface area contributed by atoms with Crippen LogP contribution in [0.15, 0.2) is 60.9 Å².